The quantitative estimate of drug-likeness (QED) is 0.830. The Labute approximate surface area is 149 Å². The van der Waals surface area contributed by atoms with Gasteiger partial charge in [0.25, 0.3) is 0 Å². The highest BCUT2D eigenvalue weighted by atomic mass is 16.5. The van der Waals surface area contributed by atoms with Crippen LogP contribution in [0.3, 0.4) is 0 Å². The van der Waals surface area contributed by atoms with Gasteiger partial charge in [-0.1, -0.05) is 0 Å². The topological polar surface area (TPSA) is 67.9 Å². The van der Waals surface area contributed by atoms with E-state index in [1.165, 1.54) is 0 Å². The Balaban J connectivity index is 2.11. The molecule has 1 aliphatic heterocycles. The van der Waals surface area contributed by atoms with E-state index in [1.54, 1.807) is 23.1 Å². The molecule has 138 valence electrons. The lowest BCUT2D eigenvalue weighted by Crippen LogP contribution is -2.51. The zero-order chi connectivity index (χ0) is 18.4. The Kier molecular flexibility index (Phi) is 6.67. The molecule has 0 bridgehead atoms. The van der Waals surface area contributed by atoms with Crippen LogP contribution in [0, 0.1) is 0 Å². The molecule has 1 saturated heterocycles. The second-order valence-corrected chi connectivity index (χ2v) is 6.32. The van der Waals surface area contributed by atoms with Crippen molar-refractivity contribution in [2.75, 3.05) is 18.5 Å². The minimum atomic E-state index is -0.618. The van der Waals surface area contributed by atoms with E-state index in [0.29, 0.717) is 30.4 Å². The molecule has 0 aliphatic carbocycles. The van der Waals surface area contributed by atoms with Crippen LogP contribution >= 0.6 is 0 Å². The van der Waals surface area contributed by atoms with Crippen molar-refractivity contribution in [2.24, 2.45) is 0 Å². The third-order valence-corrected chi connectivity index (χ3v) is 4.42. The highest BCUT2D eigenvalue weighted by Gasteiger charge is 2.32. The van der Waals surface area contributed by atoms with Crippen molar-refractivity contribution in [1.82, 2.24) is 4.90 Å². The van der Waals surface area contributed by atoms with Crippen LogP contribution in [-0.2, 0) is 9.59 Å². The molecule has 25 heavy (non-hydrogen) atoms. The van der Waals surface area contributed by atoms with E-state index in [9.17, 15) is 9.59 Å². The van der Waals surface area contributed by atoms with Crippen LogP contribution in [0.4, 0.5) is 5.69 Å². The Morgan fingerprint density at radius 2 is 1.68 bits per heavy atom. The summed E-state index contributed by atoms with van der Waals surface area (Å²) in [5.74, 6) is 0.0695. The van der Waals surface area contributed by atoms with Crippen LogP contribution in [0.2, 0.25) is 0 Å². The van der Waals surface area contributed by atoms with E-state index in [1.807, 2.05) is 27.7 Å². The standard InChI is InChI=1S/C19H28N2O4/c1-5-24-16-11-10-15(12-17(16)25-6-2)20-18(22)19(23)21-13(3)8-7-9-14(21)4/h10-14H,5-9H2,1-4H3,(H,20,22). The van der Waals surface area contributed by atoms with Crippen LogP contribution in [0.1, 0.15) is 47.0 Å². The average molecular weight is 348 g/mol. The number of carbonyl (C=O) groups excluding carboxylic acids is 2. The second kappa shape index (κ2) is 8.74. The third kappa shape index (κ3) is 4.65. The van der Waals surface area contributed by atoms with E-state index in [0.717, 1.165) is 19.3 Å². The lowest BCUT2D eigenvalue weighted by Gasteiger charge is -2.38. The van der Waals surface area contributed by atoms with Gasteiger partial charge in [-0.3, -0.25) is 9.59 Å². The van der Waals surface area contributed by atoms with Gasteiger partial charge in [-0.15, -0.1) is 0 Å². The van der Waals surface area contributed by atoms with Crippen LogP contribution in [0.5, 0.6) is 11.5 Å². The van der Waals surface area contributed by atoms with E-state index < -0.39 is 11.8 Å². The molecule has 6 nitrogen and oxygen atoms in total. The Morgan fingerprint density at radius 1 is 1.08 bits per heavy atom. The molecule has 2 unspecified atom stereocenters. The Bertz CT molecular complexity index is 607. The van der Waals surface area contributed by atoms with Crippen LogP contribution in [0.15, 0.2) is 18.2 Å². The summed E-state index contributed by atoms with van der Waals surface area (Å²) in [6.45, 7) is 8.76. The summed E-state index contributed by atoms with van der Waals surface area (Å²) in [7, 11) is 0. The summed E-state index contributed by atoms with van der Waals surface area (Å²) < 4.78 is 11.1. The van der Waals surface area contributed by atoms with Gasteiger partial charge >= 0.3 is 11.8 Å². The van der Waals surface area contributed by atoms with Gasteiger partial charge in [0.05, 0.1) is 13.2 Å². The van der Waals surface area contributed by atoms with E-state index in [2.05, 4.69) is 5.32 Å². The molecule has 0 radical (unpaired) electrons. The highest BCUT2D eigenvalue weighted by Crippen LogP contribution is 2.31. The molecule has 6 heteroatoms. The molecule has 0 saturated carbocycles. The number of amides is 2. The maximum atomic E-state index is 12.6. The predicted octanol–water partition coefficient (Wildman–Crippen LogP) is 3.21. The smallest absolute Gasteiger partial charge is 0.313 e. The first kappa shape index (κ1) is 19.1. The fourth-order valence-corrected chi connectivity index (χ4v) is 3.25. The number of piperidine rings is 1. The lowest BCUT2D eigenvalue weighted by atomic mass is 9.97. The maximum Gasteiger partial charge on any atom is 0.313 e. The molecule has 1 heterocycles. The van der Waals surface area contributed by atoms with E-state index >= 15 is 0 Å². The van der Waals surface area contributed by atoms with Gasteiger partial charge in [0.1, 0.15) is 0 Å². The van der Waals surface area contributed by atoms with Gasteiger partial charge in [0, 0.05) is 23.8 Å². The number of carbonyl (C=O) groups is 2. The normalized spacial score (nSPS) is 20.1. The zero-order valence-corrected chi connectivity index (χ0v) is 15.5. The van der Waals surface area contributed by atoms with Crippen LogP contribution < -0.4 is 14.8 Å². The molecule has 2 amide bonds. The van der Waals surface area contributed by atoms with Crippen molar-refractivity contribution in [1.29, 1.82) is 0 Å². The van der Waals surface area contributed by atoms with Gasteiger partial charge in [-0.25, -0.2) is 0 Å². The van der Waals surface area contributed by atoms with Crippen molar-refractivity contribution in [3.05, 3.63) is 18.2 Å². The fraction of sp³-hybridized carbons (Fsp3) is 0.579. The first-order chi connectivity index (χ1) is 12.0. The number of hydrogen-bond acceptors (Lipinski definition) is 4. The van der Waals surface area contributed by atoms with Gasteiger partial charge in [0.15, 0.2) is 11.5 Å². The molecule has 2 rings (SSSR count). The minimum Gasteiger partial charge on any atom is -0.490 e. The minimum absolute atomic E-state index is 0.0846. The first-order valence-electron chi connectivity index (χ1n) is 9.01. The molecule has 1 aromatic rings. The first-order valence-corrected chi connectivity index (χ1v) is 9.01. The van der Waals surface area contributed by atoms with Crippen molar-refractivity contribution >= 4 is 17.5 Å². The molecule has 2 atom stereocenters. The number of benzene rings is 1. The van der Waals surface area contributed by atoms with Gasteiger partial charge in [-0.2, -0.15) is 0 Å². The number of hydrogen-bond donors (Lipinski definition) is 1. The summed E-state index contributed by atoms with van der Waals surface area (Å²) in [5.41, 5.74) is 0.516. The van der Waals surface area contributed by atoms with Crippen molar-refractivity contribution < 1.29 is 19.1 Å². The number of anilines is 1. The number of nitrogens with one attached hydrogen (secondary N) is 1. The molecule has 0 spiro atoms. The number of likely N-dealkylation sites (tertiary alicyclic amines) is 1. The maximum absolute atomic E-state index is 12.6. The van der Waals surface area contributed by atoms with E-state index in [-0.39, 0.29) is 12.1 Å². The average Bonchev–Trinajstić information content (AvgIpc) is 2.57. The highest BCUT2D eigenvalue weighted by molar-refractivity contribution is 6.39. The van der Waals surface area contributed by atoms with Crippen molar-refractivity contribution in [3.8, 4) is 11.5 Å². The molecule has 1 aromatic carbocycles. The van der Waals surface area contributed by atoms with Crippen molar-refractivity contribution in [3.63, 3.8) is 0 Å². The summed E-state index contributed by atoms with van der Waals surface area (Å²) in [4.78, 5) is 26.7. The zero-order valence-electron chi connectivity index (χ0n) is 15.5. The third-order valence-electron chi connectivity index (χ3n) is 4.42. The Hall–Kier alpha value is -2.24. The molecular weight excluding hydrogens is 320 g/mol. The molecule has 1 N–H and O–H groups in total. The number of ether oxygens (including phenoxy) is 2. The molecule has 1 aliphatic rings. The summed E-state index contributed by atoms with van der Waals surface area (Å²) in [6.07, 6.45) is 2.95. The summed E-state index contributed by atoms with van der Waals surface area (Å²) in [5, 5.41) is 2.68. The number of nitrogens with zero attached hydrogens (tertiary/aromatic N) is 1. The number of rotatable bonds is 5. The monoisotopic (exact) mass is 348 g/mol. The summed E-state index contributed by atoms with van der Waals surface area (Å²) >= 11 is 0. The Morgan fingerprint density at radius 3 is 2.28 bits per heavy atom. The largest absolute Gasteiger partial charge is 0.490 e. The lowest BCUT2D eigenvalue weighted by molar-refractivity contribution is -0.147. The summed E-state index contributed by atoms with van der Waals surface area (Å²) in [6, 6.07) is 5.30. The fourth-order valence-electron chi connectivity index (χ4n) is 3.25. The van der Waals surface area contributed by atoms with Gasteiger partial charge < -0.3 is 19.7 Å². The van der Waals surface area contributed by atoms with Crippen molar-refractivity contribution in [2.45, 2.75) is 59.0 Å². The van der Waals surface area contributed by atoms with Crippen LogP contribution in [-0.4, -0.2) is 42.0 Å². The molecular formula is C19H28N2O4. The second-order valence-electron chi connectivity index (χ2n) is 6.32. The SMILES string of the molecule is CCOc1ccc(NC(=O)C(=O)N2C(C)CCCC2C)cc1OCC. The predicted molar refractivity (Wildman–Crippen MR) is 97.0 cm³/mol. The van der Waals surface area contributed by atoms with Crippen LogP contribution in [0.25, 0.3) is 0 Å². The molecule has 1 fully saturated rings. The van der Waals surface area contributed by atoms with Gasteiger partial charge in [0.2, 0.25) is 0 Å². The van der Waals surface area contributed by atoms with Gasteiger partial charge in [-0.05, 0) is 59.1 Å². The van der Waals surface area contributed by atoms with E-state index in [4.69, 9.17) is 9.47 Å². The molecule has 0 aromatic heterocycles.